The van der Waals surface area contributed by atoms with E-state index >= 15 is 0 Å². The fraction of sp³-hybridized carbons (Fsp3) is 0.719. The third kappa shape index (κ3) is 30.9. The van der Waals surface area contributed by atoms with E-state index in [4.69, 9.17) is 22.9 Å². The highest BCUT2D eigenvalue weighted by Gasteiger charge is 2.39. The van der Waals surface area contributed by atoms with E-state index in [-0.39, 0.29) is 19.4 Å². The smallest absolute Gasteiger partial charge is 0.325 e. The van der Waals surface area contributed by atoms with Gasteiger partial charge in [0.15, 0.2) is 0 Å². The molecule has 0 saturated heterocycles. The Morgan fingerprint density at radius 1 is 0.326 bits per heavy atom. The van der Waals surface area contributed by atoms with Gasteiger partial charge in [-0.1, -0.05) is 69.2 Å². The minimum absolute atomic E-state index is 0.125. The molecule has 0 rings (SSSR count). The van der Waals surface area contributed by atoms with Gasteiger partial charge >= 0.3 is 17.9 Å². The van der Waals surface area contributed by atoms with Gasteiger partial charge in [-0.15, -0.1) is 0 Å². The summed E-state index contributed by atoms with van der Waals surface area (Å²) in [4.78, 5) is 210. The van der Waals surface area contributed by atoms with Gasteiger partial charge < -0.3 is 102 Å². The van der Waals surface area contributed by atoms with E-state index < -0.39 is 255 Å². The Balaban J connectivity index is 7.00. The van der Waals surface area contributed by atoms with Crippen LogP contribution in [-0.4, -0.2) is 201 Å². The molecule has 0 aliphatic carbocycles. The van der Waals surface area contributed by atoms with Gasteiger partial charge in [-0.3, -0.25) is 76.7 Å². The number of nitrogens with two attached hydrogens (primary N) is 4. The number of carbonyl (C=O) groups is 16. The van der Waals surface area contributed by atoms with Gasteiger partial charge in [-0.25, -0.2) is 0 Å². The molecule has 23 N–H and O–H groups in total. The van der Waals surface area contributed by atoms with Gasteiger partial charge in [0.2, 0.25) is 76.8 Å². The Hall–Kier alpha value is -8.60. The summed E-state index contributed by atoms with van der Waals surface area (Å²) >= 11 is 0. The zero-order valence-corrected chi connectivity index (χ0v) is 54.1. The van der Waals surface area contributed by atoms with Gasteiger partial charge in [0, 0.05) is 25.7 Å². The van der Waals surface area contributed by atoms with E-state index in [0.717, 1.165) is 0 Å². The van der Waals surface area contributed by atoms with E-state index in [1.165, 1.54) is 34.6 Å². The largest absolute Gasteiger partial charge is 0.481 e. The van der Waals surface area contributed by atoms with E-state index in [2.05, 4.69) is 58.5 Å². The van der Waals surface area contributed by atoms with Crippen molar-refractivity contribution in [2.24, 2.45) is 52.5 Å². The Morgan fingerprint density at radius 3 is 0.870 bits per heavy atom. The summed E-state index contributed by atoms with van der Waals surface area (Å²) in [7, 11) is 0. The van der Waals surface area contributed by atoms with Gasteiger partial charge in [0.1, 0.15) is 66.5 Å². The van der Waals surface area contributed by atoms with Gasteiger partial charge in [0.25, 0.3) is 0 Å². The summed E-state index contributed by atoms with van der Waals surface area (Å²) in [6.07, 6.45) is -4.54. The number of aliphatic hydroxyl groups is 1. The molecular weight excluding hydrogens is 1210 g/mol. The number of hydrogen-bond donors (Lipinski definition) is 19. The van der Waals surface area contributed by atoms with E-state index in [1.54, 1.807) is 41.5 Å². The minimum Gasteiger partial charge on any atom is -0.481 e. The third-order valence-corrected chi connectivity index (χ3v) is 14.3. The average molecular weight is 1310 g/mol. The lowest BCUT2D eigenvalue weighted by atomic mass is 9.97. The van der Waals surface area contributed by atoms with Gasteiger partial charge in [-0.2, -0.15) is 0 Å². The molecule has 0 aromatic heterocycles. The lowest BCUT2D eigenvalue weighted by Gasteiger charge is -2.31. The van der Waals surface area contributed by atoms with Crippen LogP contribution in [0.4, 0.5) is 0 Å². The zero-order chi connectivity index (χ0) is 71.0. The molecule has 0 saturated carbocycles. The van der Waals surface area contributed by atoms with Crippen molar-refractivity contribution in [3.05, 3.63) is 0 Å². The van der Waals surface area contributed by atoms with Crippen LogP contribution in [-0.2, 0) is 76.7 Å². The Morgan fingerprint density at radius 2 is 0.587 bits per heavy atom. The monoisotopic (exact) mass is 1310 g/mol. The SMILES string of the molecule is CC(C)[C@H](N)C(=O)N[C@@H](CO)C(=O)N[C@@H](CCC(=O)O)C(=O)N[C@@H](CCC(=O)O)C(=O)N[C@@H](CCC(N)=O)C(=O)N[C@@H](CCCCN)C(=O)N[C@H](C(=O)N[C@H](C(=O)N[C@@H](CCC(N)=O)C(=O)N[C@H](C(=O)N[C@H](C(=O)N[C@@H](C)C(=O)O)C(C)C)C(C)C)C(C)C)C(C)C. The number of amides is 13. The van der Waals surface area contributed by atoms with Crippen LogP contribution in [0.3, 0.4) is 0 Å². The number of primary amides is 2. The molecule has 35 nitrogen and oxygen atoms in total. The summed E-state index contributed by atoms with van der Waals surface area (Å²) in [6.45, 7) is 16.0. The summed E-state index contributed by atoms with van der Waals surface area (Å²) in [5.41, 5.74) is 22.4. The highest BCUT2D eigenvalue weighted by Crippen LogP contribution is 2.14. The van der Waals surface area contributed by atoms with Crippen molar-refractivity contribution in [3.8, 4) is 0 Å². The lowest BCUT2D eigenvalue weighted by molar-refractivity contribution is -0.142. The summed E-state index contributed by atoms with van der Waals surface area (Å²) in [6, 6.07) is -18.3. The fourth-order valence-electron chi connectivity index (χ4n) is 8.56. The van der Waals surface area contributed by atoms with Crippen LogP contribution in [0.2, 0.25) is 0 Å². The molecule has 12 atom stereocenters. The quantitative estimate of drug-likeness (QED) is 0.0253. The normalized spacial score (nSPS) is 15.2. The van der Waals surface area contributed by atoms with Crippen molar-refractivity contribution in [2.75, 3.05) is 13.2 Å². The van der Waals surface area contributed by atoms with E-state index in [1.807, 2.05) is 0 Å². The molecule has 522 valence electrons. The van der Waals surface area contributed by atoms with Gasteiger partial charge in [-0.05, 0) is 88.0 Å². The number of hydrogen-bond acceptors (Lipinski definition) is 19. The second-order valence-corrected chi connectivity index (χ2v) is 24.0. The van der Waals surface area contributed by atoms with Crippen LogP contribution in [0.25, 0.3) is 0 Å². The molecule has 0 aliphatic heterocycles. The standard InChI is InChI=1S/C57H99N15O20/c1-25(2)41(61)52(86)68-36(24-73)51(85)66-35(18-22-40(78)79)48(82)65-34(17-21-39(76)77)47(81)64-32(15-19-37(59)74)46(80)63-31(14-12-13-23-58)49(83)69-44(28(7)8)56(90)72-43(27(5)6)54(88)67-33(16-20-38(60)75)50(84)70-45(29(9)10)55(89)71-42(26(3)4)53(87)62-30(11)57(91)92/h25-36,41-45,73H,12-24,58,61H2,1-11H3,(H2,59,74)(H2,60,75)(H,62,87)(H,63,80)(H,64,81)(H,65,82)(H,66,85)(H,67,88)(H,68,86)(H,69,83)(H,70,84)(H,71,89)(H,72,90)(H,76,77)(H,78,79)(H,91,92)/t30-,31-,32-,33-,34-,35-,36-,41-,42-,43-,44-,45-/m0/s1. The summed E-state index contributed by atoms with van der Waals surface area (Å²) in [5.74, 6) is -20.4. The topological polar surface area (TPSA) is 590 Å². The predicted molar refractivity (Wildman–Crippen MR) is 327 cm³/mol. The number of carbonyl (C=O) groups excluding carboxylic acids is 13. The van der Waals surface area contributed by atoms with E-state index in [0.29, 0.717) is 6.42 Å². The number of unbranched alkanes of at least 4 members (excludes halogenated alkanes) is 1. The summed E-state index contributed by atoms with van der Waals surface area (Å²) < 4.78 is 0. The molecule has 0 heterocycles. The molecule has 0 bridgehead atoms. The molecule has 0 unspecified atom stereocenters. The molecule has 0 aromatic carbocycles. The van der Waals surface area contributed by atoms with Crippen molar-refractivity contribution in [3.63, 3.8) is 0 Å². The highest BCUT2D eigenvalue weighted by molar-refractivity contribution is 6.00. The van der Waals surface area contributed by atoms with Gasteiger partial charge in [0.05, 0.1) is 12.6 Å². The van der Waals surface area contributed by atoms with E-state index in [9.17, 15) is 97.1 Å². The van der Waals surface area contributed by atoms with Crippen molar-refractivity contribution in [2.45, 2.75) is 219 Å². The van der Waals surface area contributed by atoms with Crippen molar-refractivity contribution in [1.82, 2.24) is 58.5 Å². The second-order valence-electron chi connectivity index (χ2n) is 24.0. The number of nitrogens with one attached hydrogen (secondary N) is 11. The molecule has 0 aromatic rings. The van der Waals surface area contributed by atoms with Crippen molar-refractivity contribution < 1.29 is 97.1 Å². The number of rotatable bonds is 45. The summed E-state index contributed by atoms with van der Waals surface area (Å²) in [5, 5.41) is 64.7. The predicted octanol–water partition coefficient (Wildman–Crippen LogP) is -5.59. The van der Waals surface area contributed by atoms with Crippen LogP contribution in [0.1, 0.15) is 147 Å². The lowest BCUT2D eigenvalue weighted by Crippen LogP contribution is -2.62. The van der Waals surface area contributed by atoms with Crippen LogP contribution in [0.5, 0.6) is 0 Å². The number of aliphatic carboxylic acids is 3. The first-order valence-corrected chi connectivity index (χ1v) is 30.3. The van der Waals surface area contributed by atoms with Crippen LogP contribution < -0.4 is 81.4 Å². The maximum atomic E-state index is 14.3. The average Bonchev–Trinajstić information content (AvgIpc) is 1.04. The van der Waals surface area contributed by atoms with Crippen LogP contribution in [0, 0.1) is 29.6 Å². The molecule has 0 aliphatic rings. The van der Waals surface area contributed by atoms with Crippen LogP contribution >= 0.6 is 0 Å². The minimum atomic E-state index is -1.87. The number of aliphatic hydroxyl groups excluding tert-OH is 1. The molecular formula is C57H99N15O20. The Kier molecular flexibility index (Phi) is 37.8. The first-order valence-electron chi connectivity index (χ1n) is 30.3. The number of carboxylic acids is 3. The molecule has 0 radical (unpaired) electrons. The molecule has 92 heavy (non-hydrogen) atoms. The maximum absolute atomic E-state index is 14.3. The highest BCUT2D eigenvalue weighted by atomic mass is 16.4. The van der Waals surface area contributed by atoms with Crippen molar-refractivity contribution in [1.29, 1.82) is 0 Å². The molecule has 0 fully saturated rings. The number of carboxylic acid groups (broad SMARTS) is 3. The Bertz CT molecular complexity index is 2590. The first kappa shape index (κ1) is 83.4. The second kappa shape index (κ2) is 41.7. The zero-order valence-electron chi connectivity index (χ0n) is 54.1. The van der Waals surface area contributed by atoms with Crippen molar-refractivity contribution >= 4 is 94.7 Å². The van der Waals surface area contributed by atoms with Crippen LogP contribution in [0.15, 0.2) is 0 Å². The molecule has 0 spiro atoms. The Labute approximate surface area is 533 Å². The first-order chi connectivity index (χ1) is 42.7. The maximum Gasteiger partial charge on any atom is 0.325 e. The molecule has 35 heteroatoms. The fourth-order valence-corrected chi connectivity index (χ4v) is 8.56. The molecule has 13 amide bonds. The third-order valence-electron chi connectivity index (χ3n) is 14.3.